The predicted octanol–water partition coefficient (Wildman–Crippen LogP) is 3.70. The van der Waals surface area contributed by atoms with Gasteiger partial charge in [-0.3, -0.25) is 20.2 Å². The fraction of sp³-hybridized carbons (Fsp3) is 0.227. The third-order valence-electron chi connectivity index (χ3n) is 4.39. The first-order chi connectivity index (χ1) is 13.8. The zero-order valence-electron chi connectivity index (χ0n) is 16.4. The van der Waals surface area contributed by atoms with Gasteiger partial charge in [0.1, 0.15) is 11.3 Å². The van der Waals surface area contributed by atoms with Crippen LogP contribution in [0.15, 0.2) is 35.9 Å². The van der Waals surface area contributed by atoms with Crippen LogP contribution in [0.5, 0.6) is 5.75 Å². The summed E-state index contributed by atoms with van der Waals surface area (Å²) in [5.41, 5.74) is 4.62. The topological polar surface area (TPSA) is 84.5 Å². The summed E-state index contributed by atoms with van der Waals surface area (Å²) in [5, 5.41) is 4.56. The Bertz CT molecular complexity index is 1000. The first kappa shape index (κ1) is 20.6. The lowest BCUT2D eigenvalue weighted by atomic mass is 9.98. The van der Waals surface area contributed by atoms with Crippen LogP contribution < -0.4 is 15.4 Å². The van der Waals surface area contributed by atoms with Crippen molar-refractivity contribution in [2.24, 2.45) is 0 Å². The van der Waals surface area contributed by atoms with Crippen LogP contribution in [0, 0.1) is 13.8 Å². The number of barbiturate groups is 1. The lowest BCUT2D eigenvalue weighted by Crippen LogP contribution is -2.51. The SMILES string of the molecule is CCOc1cc(C=C2C(=O)NC(=O)NC2=O)cc(Cl)c1Cc1cc(C)cc(C)c1. The molecule has 4 amide bonds. The number of nitrogens with one attached hydrogen (secondary N) is 2. The third-order valence-corrected chi connectivity index (χ3v) is 4.73. The largest absolute Gasteiger partial charge is 0.494 e. The monoisotopic (exact) mass is 412 g/mol. The molecule has 1 aliphatic heterocycles. The molecule has 2 aromatic carbocycles. The van der Waals surface area contributed by atoms with Crippen LogP contribution in [-0.4, -0.2) is 24.5 Å². The molecule has 0 radical (unpaired) electrons. The van der Waals surface area contributed by atoms with E-state index >= 15 is 0 Å². The highest BCUT2D eigenvalue weighted by atomic mass is 35.5. The number of benzene rings is 2. The highest BCUT2D eigenvalue weighted by Crippen LogP contribution is 2.32. The fourth-order valence-electron chi connectivity index (χ4n) is 3.32. The Balaban J connectivity index is 2.00. The molecule has 1 heterocycles. The van der Waals surface area contributed by atoms with Gasteiger partial charge >= 0.3 is 6.03 Å². The van der Waals surface area contributed by atoms with Crippen molar-refractivity contribution in [3.8, 4) is 5.75 Å². The van der Waals surface area contributed by atoms with Crippen molar-refractivity contribution < 1.29 is 19.1 Å². The van der Waals surface area contributed by atoms with E-state index in [4.69, 9.17) is 16.3 Å². The van der Waals surface area contributed by atoms with Crippen molar-refractivity contribution in [3.63, 3.8) is 0 Å². The van der Waals surface area contributed by atoms with Gasteiger partial charge in [-0.05, 0) is 50.1 Å². The molecule has 29 heavy (non-hydrogen) atoms. The van der Waals surface area contributed by atoms with Gasteiger partial charge in [-0.25, -0.2) is 4.79 Å². The highest BCUT2D eigenvalue weighted by Gasteiger charge is 2.27. The molecule has 0 spiro atoms. The average molecular weight is 413 g/mol. The van der Waals surface area contributed by atoms with E-state index in [2.05, 4.69) is 18.2 Å². The van der Waals surface area contributed by atoms with E-state index in [0.29, 0.717) is 29.4 Å². The van der Waals surface area contributed by atoms with Crippen molar-refractivity contribution in [1.29, 1.82) is 0 Å². The molecule has 2 aromatic rings. The van der Waals surface area contributed by atoms with Gasteiger partial charge in [0, 0.05) is 17.0 Å². The molecule has 0 bridgehead atoms. The van der Waals surface area contributed by atoms with E-state index in [1.54, 1.807) is 12.1 Å². The number of amides is 4. The molecule has 0 aliphatic carbocycles. The van der Waals surface area contributed by atoms with E-state index in [1.165, 1.54) is 17.2 Å². The van der Waals surface area contributed by atoms with Crippen LogP contribution >= 0.6 is 11.6 Å². The van der Waals surface area contributed by atoms with Crippen LogP contribution in [-0.2, 0) is 16.0 Å². The second-order valence-corrected chi connectivity index (χ2v) is 7.29. The maximum absolute atomic E-state index is 12.0. The standard InChI is InChI=1S/C22H21ClN2O4/c1-4-29-19-11-15(9-17-20(26)24-22(28)25-21(17)27)10-18(23)16(19)8-14-6-12(2)5-13(3)7-14/h5-7,9-11H,4,8H2,1-3H3,(H2,24,25,26,27,28). The number of carbonyl (C=O) groups excluding carboxylic acids is 3. The van der Waals surface area contributed by atoms with Gasteiger partial charge in [-0.15, -0.1) is 0 Å². The van der Waals surface area contributed by atoms with Crippen molar-refractivity contribution in [3.05, 3.63) is 68.7 Å². The van der Waals surface area contributed by atoms with Gasteiger partial charge in [0.15, 0.2) is 0 Å². The summed E-state index contributed by atoms with van der Waals surface area (Å²) < 4.78 is 5.78. The number of urea groups is 1. The van der Waals surface area contributed by atoms with Gasteiger partial charge in [0.05, 0.1) is 6.61 Å². The van der Waals surface area contributed by atoms with E-state index in [0.717, 1.165) is 11.1 Å². The maximum atomic E-state index is 12.0. The van der Waals surface area contributed by atoms with Gasteiger partial charge in [-0.2, -0.15) is 0 Å². The summed E-state index contributed by atoms with van der Waals surface area (Å²) in [4.78, 5) is 35.1. The van der Waals surface area contributed by atoms with Crippen molar-refractivity contribution in [1.82, 2.24) is 10.6 Å². The first-order valence-corrected chi connectivity index (χ1v) is 9.55. The Morgan fingerprint density at radius 3 is 2.17 bits per heavy atom. The summed E-state index contributed by atoms with van der Waals surface area (Å²) in [7, 11) is 0. The smallest absolute Gasteiger partial charge is 0.328 e. The second-order valence-electron chi connectivity index (χ2n) is 6.88. The molecule has 2 N–H and O–H groups in total. The number of halogens is 1. The lowest BCUT2D eigenvalue weighted by Gasteiger charge is -2.16. The molecule has 1 aliphatic rings. The van der Waals surface area contributed by atoms with Gasteiger partial charge in [0.2, 0.25) is 0 Å². The zero-order valence-corrected chi connectivity index (χ0v) is 17.1. The van der Waals surface area contributed by atoms with Gasteiger partial charge in [0.25, 0.3) is 11.8 Å². The zero-order chi connectivity index (χ0) is 21.1. The number of rotatable bonds is 5. The normalized spacial score (nSPS) is 13.8. The maximum Gasteiger partial charge on any atom is 0.328 e. The minimum absolute atomic E-state index is 0.176. The number of imide groups is 2. The molecular weight excluding hydrogens is 392 g/mol. The number of ether oxygens (including phenoxy) is 1. The van der Waals surface area contributed by atoms with Crippen LogP contribution in [0.2, 0.25) is 5.02 Å². The molecule has 0 atom stereocenters. The third kappa shape index (κ3) is 4.84. The van der Waals surface area contributed by atoms with Crippen molar-refractivity contribution in [2.45, 2.75) is 27.2 Å². The molecule has 7 heteroatoms. The fourth-order valence-corrected chi connectivity index (χ4v) is 3.60. The Morgan fingerprint density at radius 2 is 1.59 bits per heavy atom. The van der Waals surface area contributed by atoms with Crippen molar-refractivity contribution in [2.75, 3.05) is 6.61 Å². The Morgan fingerprint density at radius 1 is 0.966 bits per heavy atom. The quantitative estimate of drug-likeness (QED) is 0.579. The molecule has 0 aromatic heterocycles. The molecular formula is C22H21ClN2O4. The lowest BCUT2D eigenvalue weighted by molar-refractivity contribution is -0.123. The molecule has 150 valence electrons. The first-order valence-electron chi connectivity index (χ1n) is 9.17. The summed E-state index contributed by atoms with van der Waals surface area (Å²) >= 11 is 6.55. The highest BCUT2D eigenvalue weighted by molar-refractivity contribution is 6.32. The minimum Gasteiger partial charge on any atom is -0.494 e. The van der Waals surface area contributed by atoms with E-state index in [-0.39, 0.29) is 5.57 Å². The van der Waals surface area contributed by atoms with Crippen LogP contribution in [0.25, 0.3) is 6.08 Å². The average Bonchev–Trinajstić information content (AvgIpc) is 2.60. The molecule has 0 saturated carbocycles. The molecule has 1 saturated heterocycles. The number of carbonyl (C=O) groups is 3. The second kappa shape index (κ2) is 8.49. The van der Waals surface area contributed by atoms with Crippen LogP contribution in [0.4, 0.5) is 4.79 Å². The molecule has 0 unspecified atom stereocenters. The molecule has 6 nitrogen and oxygen atoms in total. The number of aryl methyl sites for hydroxylation is 2. The van der Waals surface area contributed by atoms with E-state index in [1.807, 2.05) is 31.4 Å². The predicted molar refractivity (Wildman–Crippen MR) is 111 cm³/mol. The van der Waals surface area contributed by atoms with Gasteiger partial charge < -0.3 is 4.74 Å². The Hall–Kier alpha value is -3.12. The van der Waals surface area contributed by atoms with E-state index < -0.39 is 17.8 Å². The van der Waals surface area contributed by atoms with E-state index in [9.17, 15) is 14.4 Å². The Labute approximate surface area is 173 Å². The Kier molecular flexibility index (Phi) is 6.03. The summed E-state index contributed by atoms with van der Waals surface area (Å²) in [6.45, 7) is 6.39. The summed E-state index contributed by atoms with van der Waals surface area (Å²) in [5.74, 6) is -0.932. The number of hydrogen-bond donors (Lipinski definition) is 2. The summed E-state index contributed by atoms with van der Waals surface area (Å²) in [6, 6.07) is 8.87. The molecule has 3 rings (SSSR count). The van der Waals surface area contributed by atoms with Crippen molar-refractivity contribution >= 4 is 35.5 Å². The number of hydrogen-bond acceptors (Lipinski definition) is 4. The van der Waals surface area contributed by atoms with Crippen LogP contribution in [0.3, 0.4) is 0 Å². The van der Waals surface area contributed by atoms with Crippen LogP contribution in [0.1, 0.15) is 34.7 Å². The van der Waals surface area contributed by atoms with Gasteiger partial charge in [-0.1, -0.05) is 40.9 Å². The summed E-state index contributed by atoms with van der Waals surface area (Å²) in [6.07, 6.45) is 1.97. The molecule has 1 fully saturated rings. The minimum atomic E-state index is -0.839.